The van der Waals surface area contributed by atoms with Gasteiger partial charge in [-0.25, -0.2) is 4.85 Å². The molecule has 16 aromatic rings. The van der Waals surface area contributed by atoms with Crippen LogP contribution in [0.2, 0.25) is 0 Å². The van der Waals surface area contributed by atoms with Gasteiger partial charge in [0.15, 0.2) is 5.69 Å². The van der Waals surface area contributed by atoms with Gasteiger partial charge in [0.1, 0.15) is 22.3 Å². The summed E-state index contributed by atoms with van der Waals surface area (Å²) in [5, 5.41) is 4.17. The van der Waals surface area contributed by atoms with Crippen molar-refractivity contribution < 1.29 is 8.83 Å². The molecule has 2 aliphatic rings. The van der Waals surface area contributed by atoms with E-state index in [0.717, 1.165) is 172 Å². The molecule has 0 saturated carbocycles. The van der Waals surface area contributed by atoms with Gasteiger partial charge < -0.3 is 18.6 Å². The van der Waals surface area contributed by atoms with Crippen LogP contribution in [0.5, 0.6) is 0 Å². The standard InChI is InChI=1S/C93H68BN3O2/c1-92(2,3)66-49-45-62(46-50-66)75-56-79-86(90-83(75)73-37-20-22-43-81(73)98-90)94-85-77(96(79)88-69(58-27-12-8-13-28-58)39-25-40-70(88)59-29-14-9-15-30-59)54-65(64-35-24-36-68(53-64)95-7)55-78(85)97(89-71(60-31-16-10-17-32-60)41-26-42-72(89)61-33-18-11-19-34-61)80-57-76(63-47-51-67(52-48-63)93(4,5)6)84-74-38-21-23-44-82(74)99-91(84)87(80)94/h8-57H,1-6H3. The third-order valence-electron chi connectivity index (χ3n) is 20.6. The summed E-state index contributed by atoms with van der Waals surface area (Å²) in [7, 11) is 0. The van der Waals surface area contributed by atoms with Gasteiger partial charge in [0.2, 0.25) is 0 Å². The number of benzene rings is 14. The van der Waals surface area contributed by atoms with E-state index in [1.807, 2.05) is 12.1 Å². The third kappa shape index (κ3) is 9.67. The minimum atomic E-state index is -0.537. The topological polar surface area (TPSA) is 37.1 Å². The monoisotopic (exact) mass is 1270 g/mol. The lowest BCUT2D eigenvalue weighted by Crippen LogP contribution is -2.62. The highest BCUT2D eigenvalue weighted by Gasteiger charge is 2.49. The van der Waals surface area contributed by atoms with Crippen molar-refractivity contribution in [3.05, 3.63) is 326 Å². The molecule has 470 valence electrons. The molecule has 0 N–H and O–H groups in total. The number of hydrogen-bond donors (Lipinski definition) is 0. The summed E-state index contributed by atoms with van der Waals surface area (Å²) < 4.78 is 15.6. The molecule has 0 unspecified atom stereocenters. The summed E-state index contributed by atoms with van der Waals surface area (Å²) in [5.74, 6) is 0. The molecule has 0 radical (unpaired) electrons. The minimum Gasteiger partial charge on any atom is -0.456 e. The Morgan fingerprint density at radius 2 is 0.636 bits per heavy atom. The van der Waals surface area contributed by atoms with Crippen LogP contribution >= 0.6 is 0 Å². The zero-order valence-corrected chi connectivity index (χ0v) is 56.1. The normalized spacial score (nSPS) is 12.7. The van der Waals surface area contributed by atoms with Crippen molar-refractivity contribution in [2.75, 3.05) is 9.80 Å². The Labute approximate surface area is 578 Å². The smallest absolute Gasteiger partial charge is 0.261 e. The van der Waals surface area contributed by atoms with Gasteiger partial charge in [-0.1, -0.05) is 302 Å². The van der Waals surface area contributed by atoms with Crippen molar-refractivity contribution >= 4 is 107 Å². The van der Waals surface area contributed by atoms with Crippen molar-refractivity contribution in [3.8, 4) is 77.9 Å². The number of hydrogen-bond acceptors (Lipinski definition) is 4. The summed E-state index contributed by atoms with van der Waals surface area (Å²) in [6.45, 7) is 21.7. The molecule has 99 heavy (non-hydrogen) atoms. The van der Waals surface area contributed by atoms with E-state index >= 15 is 0 Å². The summed E-state index contributed by atoms with van der Waals surface area (Å²) in [4.78, 5) is 9.29. The fourth-order valence-corrected chi connectivity index (χ4v) is 15.9. The Kier molecular flexibility index (Phi) is 13.8. The second-order valence-electron chi connectivity index (χ2n) is 28.5. The van der Waals surface area contributed by atoms with Crippen LogP contribution in [0, 0.1) is 6.57 Å². The third-order valence-corrected chi connectivity index (χ3v) is 20.6. The Hall–Kier alpha value is -12.2. The van der Waals surface area contributed by atoms with Gasteiger partial charge in [-0.05, 0) is 136 Å². The van der Waals surface area contributed by atoms with Gasteiger partial charge >= 0.3 is 0 Å². The molecule has 2 aliphatic heterocycles. The summed E-state index contributed by atoms with van der Waals surface area (Å²) in [6.07, 6.45) is 0. The molecule has 0 saturated heterocycles. The molecule has 0 aliphatic carbocycles. The van der Waals surface area contributed by atoms with E-state index < -0.39 is 6.71 Å². The molecule has 0 bridgehead atoms. The van der Waals surface area contributed by atoms with Crippen LogP contribution in [0.15, 0.2) is 312 Å². The van der Waals surface area contributed by atoms with E-state index in [2.05, 4.69) is 347 Å². The highest BCUT2D eigenvalue weighted by Crippen LogP contribution is 2.57. The van der Waals surface area contributed by atoms with Crippen LogP contribution < -0.4 is 26.2 Å². The molecule has 6 heteroatoms. The number of fused-ring (bicyclic) bond motifs is 12. The molecular formula is C93H68BN3O2. The number of rotatable bonds is 9. The van der Waals surface area contributed by atoms with Crippen LogP contribution in [-0.4, -0.2) is 6.71 Å². The average molecular weight is 1270 g/mol. The SMILES string of the molecule is [C-]#[N+]c1cccc(-c2cc3c4c(c2)N(c2c(-c5ccccc5)cccc2-c2ccccc2)c2cc(-c5ccc(C(C)(C)C)cc5)c5c(oc6ccccc65)c2B4c2c(cc(-c4ccc(C(C)(C)C)cc4)c4c2oc2ccccc24)N3c2c(-c3ccccc3)cccc2-c2ccccc2)c1. The van der Waals surface area contributed by atoms with E-state index in [1.165, 1.54) is 11.1 Å². The Bertz CT molecular complexity index is 5480. The first-order valence-corrected chi connectivity index (χ1v) is 34.3. The lowest BCUT2D eigenvalue weighted by molar-refractivity contribution is 0.590. The second-order valence-corrected chi connectivity index (χ2v) is 28.5. The van der Waals surface area contributed by atoms with Crippen molar-refractivity contribution in [1.29, 1.82) is 0 Å². The largest absolute Gasteiger partial charge is 0.456 e. The van der Waals surface area contributed by atoms with Gasteiger partial charge in [-0.15, -0.1) is 0 Å². The maximum Gasteiger partial charge on any atom is 0.261 e. The maximum atomic E-state index is 8.51. The Morgan fingerprint density at radius 3 is 1.01 bits per heavy atom. The van der Waals surface area contributed by atoms with Gasteiger partial charge in [0.05, 0.1) is 17.9 Å². The highest BCUT2D eigenvalue weighted by molar-refractivity contribution is 7.03. The van der Waals surface area contributed by atoms with Crippen LogP contribution in [-0.2, 0) is 10.8 Å². The van der Waals surface area contributed by atoms with E-state index in [0.29, 0.717) is 5.69 Å². The molecule has 14 aromatic carbocycles. The number of furan rings is 2. The number of para-hydroxylation sites is 4. The van der Waals surface area contributed by atoms with E-state index in [4.69, 9.17) is 15.4 Å². The molecule has 0 spiro atoms. The molecule has 0 atom stereocenters. The molecule has 0 amide bonds. The zero-order chi connectivity index (χ0) is 66.8. The predicted octanol–water partition coefficient (Wildman–Crippen LogP) is 24.4. The van der Waals surface area contributed by atoms with Gasteiger partial charge in [-0.3, -0.25) is 0 Å². The summed E-state index contributed by atoms with van der Waals surface area (Å²) in [5.41, 5.74) is 30.0. The van der Waals surface area contributed by atoms with E-state index in [9.17, 15) is 0 Å². The molecule has 5 nitrogen and oxygen atoms in total. The fraction of sp³-hybridized carbons (Fsp3) is 0.0860. The number of nitrogens with zero attached hydrogens (tertiary/aromatic N) is 3. The molecule has 4 heterocycles. The maximum absolute atomic E-state index is 8.51. The van der Waals surface area contributed by atoms with Crippen LogP contribution in [0.1, 0.15) is 52.7 Å². The quantitative estimate of drug-likeness (QED) is 0.107. The lowest BCUT2D eigenvalue weighted by Gasteiger charge is -2.46. The first-order valence-electron chi connectivity index (χ1n) is 34.3. The van der Waals surface area contributed by atoms with E-state index in [-0.39, 0.29) is 10.8 Å². The van der Waals surface area contributed by atoms with Crippen LogP contribution in [0.25, 0.3) is 127 Å². The zero-order valence-electron chi connectivity index (χ0n) is 56.1. The fourth-order valence-electron chi connectivity index (χ4n) is 15.9. The summed E-state index contributed by atoms with van der Waals surface area (Å²) in [6, 6.07) is 111. The first kappa shape index (κ1) is 59.3. The molecule has 18 rings (SSSR count). The highest BCUT2D eigenvalue weighted by atomic mass is 16.3. The molecular weight excluding hydrogens is 1200 g/mol. The summed E-state index contributed by atoms with van der Waals surface area (Å²) >= 11 is 0. The van der Waals surface area contributed by atoms with Gasteiger partial charge in [0.25, 0.3) is 6.71 Å². The molecule has 2 aromatic heterocycles. The van der Waals surface area contributed by atoms with E-state index in [1.54, 1.807) is 0 Å². The predicted molar refractivity (Wildman–Crippen MR) is 417 cm³/mol. The number of anilines is 6. The van der Waals surface area contributed by atoms with Crippen molar-refractivity contribution in [2.24, 2.45) is 0 Å². The van der Waals surface area contributed by atoms with Crippen LogP contribution in [0.4, 0.5) is 39.8 Å². The Balaban J connectivity index is 1.10. The van der Waals surface area contributed by atoms with Crippen molar-refractivity contribution in [1.82, 2.24) is 0 Å². The first-order chi connectivity index (χ1) is 48.4. The van der Waals surface area contributed by atoms with Gasteiger partial charge in [0, 0.05) is 66.5 Å². The van der Waals surface area contributed by atoms with Crippen LogP contribution in [0.3, 0.4) is 0 Å². The van der Waals surface area contributed by atoms with Gasteiger partial charge in [-0.2, -0.15) is 0 Å². The average Bonchev–Trinajstić information content (AvgIpc) is 1.67. The van der Waals surface area contributed by atoms with Crippen molar-refractivity contribution in [3.63, 3.8) is 0 Å². The second kappa shape index (κ2) is 23.0. The lowest BCUT2D eigenvalue weighted by atomic mass is 9.33. The Morgan fingerprint density at radius 1 is 0.303 bits per heavy atom. The molecule has 0 fully saturated rings. The van der Waals surface area contributed by atoms with Crippen molar-refractivity contribution in [2.45, 2.75) is 52.4 Å². The minimum absolute atomic E-state index is 0.0747.